The van der Waals surface area contributed by atoms with E-state index in [1.807, 2.05) is 13.0 Å². The maximum absolute atomic E-state index is 13.5. The van der Waals surface area contributed by atoms with Crippen LogP contribution in [0.1, 0.15) is 11.5 Å². The summed E-state index contributed by atoms with van der Waals surface area (Å²) in [6.07, 6.45) is 0. The molecule has 3 rings (SSSR count). The number of amides is 1. The fourth-order valence-corrected chi connectivity index (χ4v) is 2.69. The van der Waals surface area contributed by atoms with Crippen molar-refractivity contribution in [3.05, 3.63) is 47.4 Å². The van der Waals surface area contributed by atoms with Gasteiger partial charge in [-0.05, 0) is 19.1 Å². The van der Waals surface area contributed by atoms with Gasteiger partial charge in [-0.15, -0.1) is 0 Å². The Morgan fingerprint density at radius 1 is 1.24 bits per heavy atom. The molecule has 0 spiro atoms. The Morgan fingerprint density at radius 2 is 2.00 bits per heavy atom. The van der Waals surface area contributed by atoms with Crippen LogP contribution < -0.4 is 4.74 Å². The first-order chi connectivity index (χ1) is 12.0. The van der Waals surface area contributed by atoms with Gasteiger partial charge in [0, 0.05) is 38.3 Å². The van der Waals surface area contributed by atoms with Crippen molar-refractivity contribution >= 4 is 5.91 Å². The Morgan fingerprint density at radius 3 is 2.64 bits per heavy atom. The number of halogens is 2. The molecule has 0 saturated carbocycles. The molecule has 0 aliphatic carbocycles. The van der Waals surface area contributed by atoms with Crippen LogP contribution in [0.4, 0.5) is 8.78 Å². The molecule has 0 N–H and O–H groups in total. The van der Waals surface area contributed by atoms with Gasteiger partial charge in [-0.1, -0.05) is 5.16 Å². The zero-order valence-corrected chi connectivity index (χ0v) is 13.9. The highest BCUT2D eigenvalue weighted by atomic mass is 19.1. The summed E-state index contributed by atoms with van der Waals surface area (Å²) in [6.45, 7) is 4.77. The van der Waals surface area contributed by atoms with Crippen molar-refractivity contribution in [3.8, 4) is 5.75 Å². The first-order valence-corrected chi connectivity index (χ1v) is 8.01. The van der Waals surface area contributed by atoms with E-state index in [1.54, 1.807) is 4.90 Å². The normalized spacial score (nSPS) is 15.4. The second-order valence-electron chi connectivity index (χ2n) is 5.95. The maximum atomic E-state index is 13.5. The zero-order chi connectivity index (χ0) is 17.8. The number of rotatable bonds is 5. The van der Waals surface area contributed by atoms with Crippen molar-refractivity contribution in [2.45, 2.75) is 13.5 Å². The van der Waals surface area contributed by atoms with Crippen molar-refractivity contribution in [3.63, 3.8) is 0 Å². The summed E-state index contributed by atoms with van der Waals surface area (Å²) in [4.78, 5) is 16.0. The van der Waals surface area contributed by atoms with Crippen molar-refractivity contribution in [2.24, 2.45) is 0 Å². The van der Waals surface area contributed by atoms with E-state index in [-0.39, 0.29) is 18.3 Å². The van der Waals surface area contributed by atoms with Gasteiger partial charge in [0.1, 0.15) is 5.82 Å². The quantitative estimate of drug-likeness (QED) is 0.825. The number of piperazine rings is 1. The van der Waals surface area contributed by atoms with E-state index >= 15 is 0 Å². The van der Waals surface area contributed by atoms with Gasteiger partial charge in [-0.25, -0.2) is 8.78 Å². The number of aromatic nitrogens is 1. The fraction of sp³-hybridized carbons (Fsp3) is 0.412. The number of aryl methyl sites for hydroxylation is 1. The van der Waals surface area contributed by atoms with Crippen molar-refractivity contribution in [1.82, 2.24) is 15.0 Å². The number of ether oxygens (including phenoxy) is 1. The number of hydrogen-bond donors (Lipinski definition) is 0. The molecule has 0 atom stereocenters. The van der Waals surface area contributed by atoms with Gasteiger partial charge < -0.3 is 14.2 Å². The summed E-state index contributed by atoms with van der Waals surface area (Å²) in [5.74, 6) is -1.06. The molecule has 134 valence electrons. The Labute approximate surface area is 143 Å². The molecule has 1 aromatic heterocycles. The molecule has 1 aromatic carbocycles. The third kappa shape index (κ3) is 4.54. The topological polar surface area (TPSA) is 58.8 Å². The van der Waals surface area contributed by atoms with Crippen LogP contribution in [0.25, 0.3) is 0 Å². The van der Waals surface area contributed by atoms with E-state index in [0.29, 0.717) is 32.7 Å². The smallest absolute Gasteiger partial charge is 0.260 e. The van der Waals surface area contributed by atoms with Gasteiger partial charge in [0.25, 0.3) is 5.91 Å². The molecule has 1 aliphatic rings. The molecular weight excluding hydrogens is 332 g/mol. The highest BCUT2D eigenvalue weighted by Crippen LogP contribution is 2.18. The lowest BCUT2D eigenvalue weighted by molar-refractivity contribution is -0.135. The molecule has 1 aliphatic heterocycles. The SMILES string of the molecule is Cc1cc(CN2CCN(C(=O)COc3ccc(F)cc3F)CC2)on1. The Bertz CT molecular complexity index is 742. The van der Waals surface area contributed by atoms with E-state index in [4.69, 9.17) is 9.26 Å². The van der Waals surface area contributed by atoms with Crippen LogP contribution in [0.5, 0.6) is 5.75 Å². The minimum Gasteiger partial charge on any atom is -0.481 e. The van der Waals surface area contributed by atoms with Gasteiger partial charge in [-0.3, -0.25) is 9.69 Å². The number of hydrogen-bond acceptors (Lipinski definition) is 5. The summed E-state index contributed by atoms with van der Waals surface area (Å²) in [7, 11) is 0. The summed E-state index contributed by atoms with van der Waals surface area (Å²) >= 11 is 0. The van der Waals surface area contributed by atoms with Gasteiger partial charge in [0.05, 0.1) is 12.2 Å². The predicted octanol–water partition coefficient (Wildman–Crippen LogP) is 1.98. The summed E-state index contributed by atoms with van der Waals surface area (Å²) < 4.78 is 36.7. The standard InChI is InChI=1S/C17H19F2N3O3/c1-12-8-14(25-20-12)10-21-4-6-22(7-5-21)17(23)11-24-16-3-2-13(18)9-15(16)19/h2-3,8-9H,4-7,10-11H2,1H3. The molecule has 2 aromatic rings. The first kappa shape index (κ1) is 17.3. The Kier molecular flexibility index (Phi) is 5.28. The van der Waals surface area contributed by atoms with Gasteiger partial charge in [0.2, 0.25) is 0 Å². The molecule has 2 heterocycles. The number of benzene rings is 1. The van der Waals surface area contributed by atoms with Crippen molar-refractivity contribution in [2.75, 3.05) is 32.8 Å². The largest absolute Gasteiger partial charge is 0.481 e. The van der Waals surface area contributed by atoms with Crippen molar-refractivity contribution < 1.29 is 22.8 Å². The second kappa shape index (κ2) is 7.60. The van der Waals surface area contributed by atoms with E-state index < -0.39 is 11.6 Å². The van der Waals surface area contributed by atoms with E-state index in [0.717, 1.165) is 23.6 Å². The van der Waals surface area contributed by atoms with Gasteiger partial charge >= 0.3 is 0 Å². The van der Waals surface area contributed by atoms with E-state index in [1.165, 1.54) is 6.07 Å². The van der Waals surface area contributed by atoms with Crippen LogP contribution in [-0.2, 0) is 11.3 Å². The van der Waals surface area contributed by atoms with Crippen LogP contribution in [0.3, 0.4) is 0 Å². The molecule has 1 saturated heterocycles. The van der Waals surface area contributed by atoms with Crippen LogP contribution in [0.2, 0.25) is 0 Å². The third-order valence-electron chi connectivity index (χ3n) is 4.03. The van der Waals surface area contributed by atoms with E-state index in [2.05, 4.69) is 10.1 Å². The minimum atomic E-state index is -0.819. The predicted molar refractivity (Wildman–Crippen MR) is 85.0 cm³/mol. The lowest BCUT2D eigenvalue weighted by Gasteiger charge is -2.34. The summed E-state index contributed by atoms with van der Waals surface area (Å²) in [5, 5.41) is 3.85. The summed E-state index contributed by atoms with van der Waals surface area (Å²) in [6, 6.07) is 4.88. The van der Waals surface area contributed by atoms with Gasteiger partial charge in [0.15, 0.2) is 23.9 Å². The Balaban J connectivity index is 1.45. The van der Waals surface area contributed by atoms with Crippen LogP contribution in [0, 0.1) is 18.6 Å². The number of nitrogens with zero attached hydrogens (tertiary/aromatic N) is 3. The van der Waals surface area contributed by atoms with Crippen molar-refractivity contribution in [1.29, 1.82) is 0 Å². The molecule has 0 unspecified atom stereocenters. The molecule has 0 bridgehead atoms. The lowest BCUT2D eigenvalue weighted by Crippen LogP contribution is -2.49. The molecule has 25 heavy (non-hydrogen) atoms. The highest BCUT2D eigenvalue weighted by Gasteiger charge is 2.22. The summed E-state index contributed by atoms with van der Waals surface area (Å²) in [5.41, 5.74) is 0.842. The highest BCUT2D eigenvalue weighted by molar-refractivity contribution is 5.77. The Hall–Kier alpha value is -2.48. The molecule has 1 amide bonds. The third-order valence-corrected chi connectivity index (χ3v) is 4.03. The average molecular weight is 351 g/mol. The second-order valence-corrected chi connectivity index (χ2v) is 5.95. The number of carbonyl (C=O) groups excluding carboxylic acids is 1. The monoisotopic (exact) mass is 351 g/mol. The van der Waals surface area contributed by atoms with Crippen LogP contribution in [0.15, 0.2) is 28.8 Å². The number of carbonyl (C=O) groups is 1. The first-order valence-electron chi connectivity index (χ1n) is 8.01. The lowest BCUT2D eigenvalue weighted by atomic mass is 10.3. The maximum Gasteiger partial charge on any atom is 0.260 e. The molecule has 0 radical (unpaired) electrons. The van der Waals surface area contributed by atoms with Crippen LogP contribution >= 0.6 is 0 Å². The molecule has 1 fully saturated rings. The average Bonchev–Trinajstić information content (AvgIpc) is 2.99. The molecule has 8 heteroatoms. The minimum absolute atomic E-state index is 0.130. The van der Waals surface area contributed by atoms with Crippen LogP contribution in [-0.4, -0.2) is 53.6 Å². The molecule has 6 nitrogen and oxygen atoms in total. The fourth-order valence-electron chi connectivity index (χ4n) is 2.69. The van der Waals surface area contributed by atoms with E-state index in [9.17, 15) is 13.6 Å². The van der Waals surface area contributed by atoms with Gasteiger partial charge in [-0.2, -0.15) is 0 Å². The molecular formula is C17H19F2N3O3. The zero-order valence-electron chi connectivity index (χ0n) is 13.9.